The molecule has 1 unspecified atom stereocenters. The summed E-state index contributed by atoms with van der Waals surface area (Å²) in [5.74, 6) is 0.955. The lowest BCUT2D eigenvalue weighted by atomic mass is 9.89. The molecule has 0 fully saturated rings. The standard InChI is InChI=1S/C13H19NO/c1-4-9-5-6-12-10(7-9)11(14)8-13(2,3)15-12/h5-7,11H,4,8,14H2,1-3H3. The molecule has 0 aromatic heterocycles. The number of rotatable bonds is 1. The monoisotopic (exact) mass is 205 g/mol. The first-order valence-electron chi connectivity index (χ1n) is 5.59. The highest BCUT2D eigenvalue weighted by Gasteiger charge is 2.31. The van der Waals surface area contributed by atoms with E-state index in [4.69, 9.17) is 10.5 Å². The van der Waals surface area contributed by atoms with Gasteiger partial charge in [-0.2, -0.15) is 0 Å². The summed E-state index contributed by atoms with van der Waals surface area (Å²) in [4.78, 5) is 0. The van der Waals surface area contributed by atoms with Gasteiger partial charge in [0.1, 0.15) is 11.4 Å². The highest BCUT2D eigenvalue weighted by Crippen LogP contribution is 2.38. The van der Waals surface area contributed by atoms with Crippen LogP contribution in [0.2, 0.25) is 0 Å². The van der Waals surface area contributed by atoms with Gasteiger partial charge in [0.2, 0.25) is 0 Å². The van der Waals surface area contributed by atoms with E-state index >= 15 is 0 Å². The Morgan fingerprint density at radius 2 is 2.20 bits per heavy atom. The Kier molecular flexibility index (Phi) is 2.47. The maximum atomic E-state index is 6.17. The van der Waals surface area contributed by atoms with Crippen molar-refractivity contribution >= 4 is 0 Å². The second-order valence-corrected chi connectivity index (χ2v) is 4.90. The van der Waals surface area contributed by atoms with Crippen LogP contribution in [-0.2, 0) is 6.42 Å². The molecule has 2 heteroatoms. The molecule has 2 rings (SSSR count). The van der Waals surface area contributed by atoms with Gasteiger partial charge in [-0.1, -0.05) is 19.1 Å². The van der Waals surface area contributed by atoms with Crippen LogP contribution in [0, 0.1) is 0 Å². The summed E-state index contributed by atoms with van der Waals surface area (Å²) in [5.41, 5.74) is 8.51. The van der Waals surface area contributed by atoms with Crippen molar-refractivity contribution in [2.75, 3.05) is 0 Å². The van der Waals surface area contributed by atoms with E-state index in [-0.39, 0.29) is 11.6 Å². The topological polar surface area (TPSA) is 35.2 Å². The number of aryl methyl sites for hydroxylation is 1. The van der Waals surface area contributed by atoms with Crippen molar-refractivity contribution in [1.82, 2.24) is 0 Å². The van der Waals surface area contributed by atoms with Gasteiger partial charge in [-0.15, -0.1) is 0 Å². The van der Waals surface area contributed by atoms with Crippen molar-refractivity contribution < 1.29 is 4.74 Å². The molecule has 0 aliphatic carbocycles. The summed E-state index contributed by atoms with van der Waals surface area (Å²) in [5, 5.41) is 0. The van der Waals surface area contributed by atoms with Crippen LogP contribution in [0.5, 0.6) is 5.75 Å². The summed E-state index contributed by atoms with van der Waals surface area (Å²) in [6, 6.07) is 6.45. The van der Waals surface area contributed by atoms with Gasteiger partial charge in [0, 0.05) is 18.0 Å². The largest absolute Gasteiger partial charge is 0.487 e. The fourth-order valence-electron chi connectivity index (χ4n) is 2.18. The number of fused-ring (bicyclic) bond motifs is 1. The van der Waals surface area contributed by atoms with Gasteiger partial charge in [0.25, 0.3) is 0 Å². The Morgan fingerprint density at radius 1 is 1.47 bits per heavy atom. The van der Waals surface area contributed by atoms with Gasteiger partial charge < -0.3 is 10.5 Å². The Hall–Kier alpha value is -1.02. The van der Waals surface area contributed by atoms with Gasteiger partial charge in [0.05, 0.1) is 0 Å². The first-order valence-corrected chi connectivity index (χ1v) is 5.59. The van der Waals surface area contributed by atoms with E-state index in [1.165, 1.54) is 5.56 Å². The number of ether oxygens (including phenoxy) is 1. The molecular weight excluding hydrogens is 186 g/mol. The van der Waals surface area contributed by atoms with E-state index in [2.05, 4.69) is 39.0 Å². The first kappa shape index (κ1) is 10.5. The van der Waals surface area contributed by atoms with E-state index in [1.807, 2.05) is 0 Å². The summed E-state index contributed by atoms with van der Waals surface area (Å²) < 4.78 is 5.91. The summed E-state index contributed by atoms with van der Waals surface area (Å²) >= 11 is 0. The second-order valence-electron chi connectivity index (χ2n) is 4.90. The zero-order valence-corrected chi connectivity index (χ0v) is 9.71. The molecule has 2 N–H and O–H groups in total. The third-order valence-electron chi connectivity index (χ3n) is 2.98. The summed E-state index contributed by atoms with van der Waals surface area (Å²) in [7, 11) is 0. The maximum absolute atomic E-state index is 6.17. The van der Waals surface area contributed by atoms with Crippen molar-refractivity contribution in [3.8, 4) is 5.75 Å². The molecule has 1 heterocycles. The van der Waals surface area contributed by atoms with Crippen LogP contribution < -0.4 is 10.5 Å². The predicted octanol–water partition coefficient (Wildman–Crippen LogP) is 2.81. The molecule has 0 radical (unpaired) electrons. The zero-order chi connectivity index (χ0) is 11.1. The minimum Gasteiger partial charge on any atom is -0.487 e. The molecule has 0 spiro atoms. The normalized spacial score (nSPS) is 23.1. The van der Waals surface area contributed by atoms with Crippen LogP contribution in [0.15, 0.2) is 18.2 Å². The molecule has 2 nitrogen and oxygen atoms in total. The number of nitrogens with two attached hydrogens (primary N) is 1. The van der Waals surface area contributed by atoms with E-state index in [0.29, 0.717) is 0 Å². The summed E-state index contributed by atoms with van der Waals surface area (Å²) in [6.07, 6.45) is 1.93. The zero-order valence-electron chi connectivity index (χ0n) is 9.71. The first-order chi connectivity index (χ1) is 7.02. The van der Waals surface area contributed by atoms with Gasteiger partial charge in [-0.3, -0.25) is 0 Å². The van der Waals surface area contributed by atoms with E-state index in [1.54, 1.807) is 0 Å². The highest BCUT2D eigenvalue weighted by atomic mass is 16.5. The highest BCUT2D eigenvalue weighted by molar-refractivity contribution is 5.41. The number of hydrogen-bond donors (Lipinski definition) is 1. The molecule has 15 heavy (non-hydrogen) atoms. The molecule has 0 saturated heterocycles. The number of hydrogen-bond acceptors (Lipinski definition) is 2. The van der Waals surface area contributed by atoms with Gasteiger partial charge >= 0.3 is 0 Å². The molecule has 0 saturated carbocycles. The lowest BCUT2D eigenvalue weighted by Gasteiger charge is -2.36. The van der Waals surface area contributed by atoms with Crippen LogP contribution in [0.1, 0.15) is 44.4 Å². The molecular formula is C13H19NO. The Labute approximate surface area is 91.4 Å². The van der Waals surface area contributed by atoms with Crippen molar-refractivity contribution in [3.05, 3.63) is 29.3 Å². The molecule has 82 valence electrons. The van der Waals surface area contributed by atoms with Gasteiger partial charge in [-0.25, -0.2) is 0 Å². The van der Waals surface area contributed by atoms with Crippen molar-refractivity contribution in [2.45, 2.75) is 45.3 Å². The van der Waals surface area contributed by atoms with Crippen LogP contribution >= 0.6 is 0 Å². The minimum absolute atomic E-state index is 0.107. The average molecular weight is 205 g/mol. The smallest absolute Gasteiger partial charge is 0.124 e. The minimum atomic E-state index is -0.139. The fraction of sp³-hybridized carbons (Fsp3) is 0.538. The molecule has 1 atom stereocenters. The molecule has 0 bridgehead atoms. The molecule has 1 aliphatic heterocycles. The number of benzene rings is 1. The van der Waals surface area contributed by atoms with Gasteiger partial charge in [-0.05, 0) is 31.9 Å². The maximum Gasteiger partial charge on any atom is 0.124 e. The third kappa shape index (κ3) is 2.00. The molecule has 1 aromatic carbocycles. The summed E-state index contributed by atoms with van der Waals surface area (Å²) in [6.45, 7) is 6.33. The van der Waals surface area contributed by atoms with Crippen molar-refractivity contribution in [1.29, 1.82) is 0 Å². The van der Waals surface area contributed by atoms with E-state index in [0.717, 1.165) is 24.2 Å². The lowest BCUT2D eigenvalue weighted by Crippen LogP contribution is -2.37. The molecule has 1 aromatic rings. The average Bonchev–Trinajstić information content (AvgIpc) is 2.15. The van der Waals surface area contributed by atoms with Crippen molar-refractivity contribution in [2.24, 2.45) is 5.73 Å². The second kappa shape index (κ2) is 3.53. The molecule has 0 amide bonds. The quantitative estimate of drug-likeness (QED) is 0.765. The molecule has 1 aliphatic rings. The third-order valence-corrected chi connectivity index (χ3v) is 2.98. The van der Waals surface area contributed by atoms with Crippen LogP contribution in [0.25, 0.3) is 0 Å². The van der Waals surface area contributed by atoms with Crippen LogP contribution in [0.4, 0.5) is 0 Å². The van der Waals surface area contributed by atoms with E-state index in [9.17, 15) is 0 Å². The SMILES string of the molecule is CCc1ccc2c(c1)C(N)CC(C)(C)O2. The van der Waals surface area contributed by atoms with E-state index < -0.39 is 0 Å². The predicted molar refractivity (Wildman–Crippen MR) is 62.1 cm³/mol. The Morgan fingerprint density at radius 3 is 2.87 bits per heavy atom. The van der Waals surface area contributed by atoms with Crippen LogP contribution in [0.3, 0.4) is 0 Å². The van der Waals surface area contributed by atoms with Crippen LogP contribution in [-0.4, -0.2) is 5.60 Å². The van der Waals surface area contributed by atoms with Gasteiger partial charge in [0.15, 0.2) is 0 Å². The van der Waals surface area contributed by atoms with Crippen molar-refractivity contribution in [3.63, 3.8) is 0 Å². The lowest BCUT2D eigenvalue weighted by molar-refractivity contribution is 0.0728. The Bertz CT molecular complexity index is 371. The fourth-order valence-corrected chi connectivity index (χ4v) is 2.18. The Balaban J connectivity index is 2.41.